The normalized spacial score (nSPS) is 11.1. The molecule has 0 aliphatic carbocycles. The molecule has 5 rings (SSSR count). The predicted octanol–water partition coefficient (Wildman–Crippen LogP) is 5.48. The molecule has 1 aromatic heterocycles. The molecule has 4 heteroatoms. The average molecular weight is 406 g/mol. The molecule has 5 aromatic rings. The van der Waals surface area contributed by atoms with Crippen molar-refractivity contribution < 1.29 is 4.79 Å². The number of carbonyl (C=O) groups is 1. The summed E-state index contributed by atoms with van der Waals surface area (Å²) in [6, 6.07) is 30.5. The predicted molar refractivity (Wildman–Crippen MR) is 125 cm³/mol. The van der Waals surface area contributed by atoms with Crippen molar-refractivity contribution in [3.8, 4) is 0 Å². The fourth-order valence-electron chi connectivity index (χ4n) is 4.09. The first-order chi connectivity index (χ1) is 15.2. The molecule has 1 amide bonds. The van der Waals surface area contributed by atoms with Crippen molar-refractivity contribution in [1.29, 1.82) is 0 Å². The maximum absolute atomic E-state index is 12.7. The van der Waals surface area contributed by atoms with Crippen molar-refractivity contribution in [2.45, 2.75) is 20.0 Å². The molecule has 0 spiro atoms. The van der Waals surface area contributed by atoms with E-state index in [1.165, 1.54) is 16.3 Å². The standard InChI is InChI=1S/C27H23N3O/c1-19-8-6-11-21(16-19)27(31)28-17-26-29-24-14-4-5-15-25(24)30(26)18-22-12-7-10-20-9-2-3-13-23(20)22/h2-16H,17-18H2,1H3,(H,28,31). The highest BCUT2D eigenvalue weighted by Crippen LogP contribution is 2.23. The molecule has 31 heavy (non-hydrogen) atoms. The lowest BCUT2D eigenvalue weighted by atomic mass is 10.0. The number of amides is 1. The molecule has 1 heterocycles. The molecular formula is C27H23N3O. The Morgan fingerprint density at radius 2 is 1.68 bits per heavy atom. The molecule has 4 aromatic carbocycles. The molecule has 0 aliphatic rings. The van der Waals surface area contributed by atoms with Gasteiger partial charge in [-0.3, -0.25) is 4.79 Å². The van der Waals surface area contributed by atoms with Crippen LogP contribution in [0.4, 0.5) is 0 Å². The minimum Gasteiger partial charge on any atom is -0.345 e. The first-order valence-corrected chi connectivity index (χ1v) is 10.4. The van der Waals surface area contributed by atoms with Gasteiger partial charge in [0.1, 0.15) is 5.82 Å². The molecule has 0 saturated carbocycles. The molecule has 0 fully saturated rings. The van der Waals surface area contributed by atoms with Crippen molar-refractivity contribution in [3.05, 3.63) is 114 Å². The van der Waals surface area contributed by atoms with Crippen LogP contribution in [-0.2, 0) is 13.1 Å². The summed E-state index contributed by atoms with van der Waals surface area (Å²) in [6.07, 6.45) is 0. The van der Waals surface area contributed by atoms with E-state index in [-0.39, 0.29) is 5.91 Å². The Labute approximate surface area is 181 Å². The summed E-state index contributed by atoms with van der Waals surface area (Å²) in [5.74, 6) is 0.752. The Hall–Kier alpha value is -3.92. The van der Waals surface area contributed by atoms with Gasteiger partial charge in [0, 0.05) is 5.56 Å². The fourth-order valence-corrected chi connectivity index (χ4v) is 4.09. The number of nitrogens with one attached hydrogen (secondary N) is 1. The smallest absolute Gasteiger partial charge is 0.251 e. The highest BCUT2D eigenvalue weighted by Gasteiger charge is 2.14. The average Bonchev–Trinajstić information content (AvgIpc) is 3.15. The van der Waals surface area contributed by atoms with Crippen molar-refractivity contribution in [2.75, 3.05) is 0 Å². The van der Waals surface area contributed by atoms with Crippen LogP contribution in [0.25, 0.3) is 21.8 Å². The topological polar surface area (TPSA) is 46.9 Å². The number of nitrogens with zero attached hydrogens (tertiary/aromatic N) is 2. The lowest BCUT2D eigenvalue weighted by molar-refractivity contribution is 0.0949. The summed E-state index contributed by atoms with van der Waals surface area (Å²) in [7, 11) is 0. The second-order valence-electron chi connectivity index (χ2n) is 7.79. The summed E-state index contributed by atoms with van der Waals surface area (Å²) in [4.78, 5) is 17.5. The van der Waals surface area contributed by atoms with E-state index in [1.807, 2.05) is 49.4 Å². The molecule has 0 aliphatic heterocycles. The molecule has 4 nitrogen and oxygen atoms in total. The highest BCUT2D eigenvalue weighted by molar-refractivity contribution is 5.94. The molecule has 0 saturated heterocycles. The summed E-state index contributed by atoms with van der Waals surface area (Å²) in [5, 5.41) is 5.50. The molecule has 1 N–H and O–H groups in total. The van der Waals surface area contributed by atoms with Crippen LogP contribution >= 0.6 is 0 Å². The minimum atomic E-state index is -0.0903. The van der Waals surface area contributed by atoms with Crippen molar-refractivity contribution in [1.82, 2.24) is 14.9 Å². The van der Waals surface area contributed by atoms with Gasteiger partial charge in [0.25, 0.3) is 5.91 Å². The summed E-state index contributed by atoms with van der Waals surface area (Å²) >= 11 is 0. The Kier molecular flexibility index (Phi) is 4.97. The first-order valence-electron chi connectivity index (χ1n) is 10.4. The van der Waals surface area contributed by atoms with E-state index in [0.717, 1.165) is 22.4 Å². The number of rotatable bonds is 5. The first kappa shape index (κ1) is 19.1. The third-order valence-corrected chi connectivity index (χ3v) is 5.63. The van der Waals surface area contributed by atoms with Gasteiger partial charge in [-0.25, -0.2) is 4.98 Å². The van der Waals surface area contributed by atoms with Gasteiger partial charge in [-0.15, -0.1) is 0 Å². The van der Waals surface area contributed by atoms with E-state index in [0.29, 0.717) is 18.7 Å². The lowest BCUT2D eigenvalue weighted by Gasteiger charge is -2.13. The molecule has 0 bridgehead atoms. The largest absolute Gasteiger partial charge is 0.345 e. The van der Waals surface area contributed by atoms with E-state index in [2.05, 4.69) is 58.4 Å². The number of carbonyl (C=O) groups excluding carboxylic acids is 1. The van der Waals surface area contributed by atoms with Crippen LogP contribution in [0.2, 0.25) is 0 Å². The SMILES string of the molecule is Cc1cccc(C(=O)NCc2nc3ccccc3n2Cc2cccc3ccccc23)c1. The Morgan fingerprint density at radius 3 is 2.58 bits per heavy atom. The van der Waals surface area contributed by atoms with Crippen LogP contribution < -0.4 is 5.32 Å². The molecule has 0 atom stereocenters. The number of imidazole rings is 1. The summed E-state index contributed by atoms with van der Waals surface area (Å²) < 4.78 is 2.20. The van der Waals surface area contributed by atoms with Gasteiger partial charge in [0.15, 0.2) is 0 Å². The number of para-hydroxylation sites is 2. The lowest BCUT2D eigenvalue weighted by Crippen LogP contribution is -2.25. The second-order valence-corrected chi connectivity index (χ2v) is 7.79. The minimum absolute atomic E-state index is 0.0903. The van der Waals surface area contributed by atoms with Crippen LogP contribution in [-0.4, -0.2) is 15.5 Å². The Bertz CT molecular complexity index is 1400. The van der Waals surface area contributed by atoms with E-state index in [4.69, 9.17) is 4.98 Å². The summed E-state index contributed by atoms with van der Waals surface area (Å²) in [5.41, 5.74) is 4.96. The van der Waals surface area contributed by atoms with Gasteiger partial charge in [0.05, 0.1) is 24.1 Å². The van der Waals surface area contributed by atoms with E-state index >= 15 is 0 Å². The maximum atomic E-state index is 12.7. The van der Waals surface area contributed by atoms with Crippen molar-refractivity contribution in [3.63, 3.8) is 0 Å². The number of hydrogen-bond donors (Lipinski definition) is 1. The number of hydrogen-bond acceptors (Lipinski definition) is 2. The zero-order valence-electron chi connectivity index (χ0n) is 17.4. The maximum Gasteiger partial charge on any atom is 0.251 e. The second kappa shape index (κ2) is 8.07. The third-order valence-electron chi connectivity index (χ3n) is 5.63. The zero-order valence-corrected chi connectivity index (χ0v) is 17.4. The van der Waals surface area contributed by atoms with Crippen molar-refractivity contribution in [2.24, 2.45) is 0 Å². The fraction of sp³-hybridized carbons (Fsp3) is 0.111. The van der Waals surface area contributed by atoms with E-state index in [9.17, 15) is 4.79 Å². The van der Waals surface area contributed by atoms with Gasteiger partial charge in [0.2, 0.25) is 0 Å². The van der Waals surface area contributed by atoms with E-state index in [1.54, 1.807) is 0 Å². The number of aryl methyl sites for hydroxylation is 1. The van der Waals surface area contributed by atoms with Crippen LogP contribution in [0.3, 0.4) is 0 Å². The number of fused-ring (bicyclic) bond motifs is 2. The Morgan fingerprint density at radius 1 is 0.903 bits per heavy atom. The van der Waals surface area contributed by atoms with Gasteiger partial charge in [-0.1, -0.05) is 72.3 Å². The van der Waals surface area contributed by atoms with Gasteiger partial charge < -0.3 is 9.88 Å². The van der Waals surface area contributed by atoms with E-state index < -0.39 is 0 Å². The molecule has 152 valence electrons. The number of aromatic nitrogens is 2. The van der Waals surface area contributed by atoms with Crippen LogP contribution in [0, 0.1) is 6.92 Å². The monoisotopic (exact) mass is 405 g/mol. The molecule has 0 unspecified atom stereocenters. The van der Waals surface area contributed by atoms with Crippen LogP contribution in [0.5, 0.6) is 0 Å². The molecular weight excluding hydrogens is 382 g/mol. The van der Waals surface area contributed by atoms with Crippen molar-refractivity contribution >= 4 is 27.7 Å². The highest BCUT2D eigenvalue weighted by atomic mass is 16.1. The van der Waals surface area contributed by atoms with Gasteiger partial charge in [-0.05, 0) is 47.5 Å². The molecule has 0 radical (unpaired) electrons. The number of benzene rings is 4. The van der Waals surface area contributed by atoms with Gasteiger partial charge >= 0.3 is 0 Å². The third kappa shape index (κ3) is 3.80. The quantitative estimate of drug-likeness (QED) is 0.421. The van der Waals surface area contributed by atoms with Gasteiger partial charge in [-0.2, -0.15) is 0 Å². The van der Waals surface area contributed by atoms with Crippen LogP contribution in [0.1, 0.15) is 27.3 Å². The summed E-state index contributed by atoms with van der Waals surface area (Å²) in [6.45, 7) is 3.05. The Balaban J connectivity index is 1.49. The zero-order chi connectivity index (χ0) is 21.2. The van der Waals surface area contributed by atoms with Crippen LogP contribution in [0.15, 0.2) is 91.0 Å².